The SMILES string of the molecule is CC=CC1CCC(C2COC(c3ccc(-c4ccc(OCC)c(F)c4F)c(F)c3F)OC2)CC1. The second-order valence-corrected chi connectivity index (χ2v) is 8.96. The largest absolute Gasteiger partial charge is 0.491 e. The highest BCUT2D eigenvalue weighted by Gasteiger charge is 2.33. The molecule has 0 amide bonds. The van der Waals surface area contributed by atoms with E-state index in [0.29, 0.717) is 25.0 Å². The number of hydrogen-bond donors (Lipinski definition) is 0. The second-order valence-electron chi connectivity index (χ2n) is 8.96. The van der Waals surface area contributed by atoms with E-state index in [0.717, 1.165) is 25.7 Å². The Kier molecular flexibility index (Phi) is 7.94. The van der Waals surface area contributed by atoms with Gasteiger partial charge in [0.2, 0.25) is 5.82 Å². The molecule has 0 unspecified atom stereocenters. The standard InChI is InChI=1S/C27H30F4O3/c1-3-5-16-6-8-17(9-7-16)18-14-33-27(34-15-18)21-11-10-19(23(28)25(21)30)20-12-13-22(32-4-2)26(31)24(20)29/h3,5,10-13,16-18,27H,4,6-9,14-15H2,1-2H3. The van der Waals surface area contributed by atoms with E-state index in [1.54, 1.807) is 6.92 Å². The van der Waals surface area contributed by atoms with Crippen LogP contribution in [-0.2, 0) is 9.47 Å². The van der Waals surface area contributed by atoms with Crippen molar-refractivity contribution in [3.63, 3.8) is 0 Å². The van der Waals surface area contributed by atoms with Gasteiger partial charge in [0, 0.05) is 22.6 Å². The van der Waals surface area contributed by atoms with Gasteiger partial charge in [0.15, 0.2) is 29.5 Å². The van der Waals surface area contributed by atoms with Crippen molar-refractivity contribution in [3.8, 4) is 16.9 Å². The van der Waals surface area contributed by atoms with E-state index in [9.17, 15) is 17.6 Å². The maximum atomic E-state index is 14.9. The van der Waals surface area contributed by atoms with Crippen LogP contribution in [0.1, 0.15) is 51.4 Å². The van der Waals surface area contributed by atoms with Gasteiger partial charge in [-0.15, -0.1) is 0 Å². The van der Waals surface area contributed by atoms with E-state index in [1.165, 1.54) is 24.3 Å². The lowest BCUT2D eigenvalue weighted by Crippen LogP contribution is -2.34. The van der Waals surface area contributed by atoms with Crippen LogP contribution in [0.3, 0.4) is 0 Å². The highest BCUT2D eigenvalue weighted by Crippen LogP contribution is 2.39. The third-order valence-corrected chi connectivity index (χ3v) is 6.87. The normalized spacial score (nSPS) is 25.6. The number of hydrogen-bond acceptors (Lipinski definition) is 3. The topological polar surface area (TPSA) is 27.7 Å². The van der Waals surface area contributed by atoms with Crippen molar-refractivity contribution in [1.29, 1.82) is 0 Å². The summed E-state index contributed by atoms with van der Waals surface area (Å²) in [5, 5.41) is 0. The first-order valence-corrected chi connectivity index (χ1v) is 11.9. The van der Waals surface area contributed by atoms with Gasteiger partial charge in [-0.1, -0.05) is 24.3 Å². The van der Waals surface area contributed by atoms with Gasteiger partial charge in [0.05, 0.1) is 19.8 Å². The molecule has 7 heteroatoms. The Balaban J connectivity index is 1.45. The van der Waals surface area contributed by atoms with Gasteiger partial charge in [-0.2, -0.15) is 4.39 Å². The molecule has 2 fully saturated rings. The van der Waals surface area contributed by atoms with Crippen LogP contribution in [0, 0.1) is 41.0 Å². The Morgan fingerprint density at radius 1 is 0.824 bits per heavy atom. The summed E-state index contributed by atoms with van der Waals surface area (Å²) in [6, 6.07) is 4.88. The van der Waals surface area contributed by atoms with Crippen molar-refractivity contribution in [3.05, 3.63) is 65.2 Å². The fraction of sp³-hybridized carbons (Fsp3) is 0.481. The van der Waals surface area contributed by atoms with Gasteiger partial charge in [-0.05, 0) is 63.5 Å². The molecule has 0 bridgehead atoms. The molecule has 3 nitrogen and oxygen atoms in total. The minimum atomic E-state index is -1.30. The fourth-order valence-corrected chi connectivity index (χ4v) is 5.01. The van der Waals surface area contributed by atoms with E-state index in [1.807, 2.05) is 6.92 Å². The van der Waals surface area contributed by atoms with Gasteiger partial charge < -0.3 is 14.2 Å². The summed E-state index contributed by atoms with van der Waals surface area (Å²) in [4.78, 5) is 0. The molecule has 0 aromatic heterocycles. The Morgan fingerprint density at radius 3 is 2.06 bits per heavy atom. The molecule has 1 aliphatic carbocycles. The number of ether oxygens (including phenoxy) is 3. The molecule has 0 radical (unpaired) electrons. The van der Waals surface area contributed by atoms with E-state index in [-0.39, 0.29) is 35.0 Å². The van der Waals surface area contributed by atoms with Crippen molar-refractivity contribution < 1.29 is 31.8 Å². The van der Waals surface area contributed by atoms with Crippen LogP contribution in [0.4, 0.5) is 17.6 Å². The summed E-state index contributed by atoms with van der Waals surface area (Å²) in [6.45, 7) is 4.63. The minimum absolute atomic E-state index is 0.0942. The van der Waals surface area contributed by atoms with Crippen molar-refractivity contribution in [2.75, 3.05) is 19.8 Å². The van der Waals surface area contributed by atoms with Crippen LogP contribution in [0.5, 0.6) is 5.75 Å². The van der Waals surface area contributed by atoms with E-state index >= 15 is 0 Å². The molecule has 0 spiro atoms. The van der Waals surface area contributed by atoms with Crippen molar-refractivity contribution in [2.45, 2.75) is 45.8 Å². The number of benzene rings is 2. The average Bonchev–Trinajstić information content (AvgIpc) is 2.85. The molecule has 2 aromatic carbocycles. The monoisotopic (exact) mass is 478 g/mol. The van der Waals surface area contributed by atoms with Gasteiger partial charge in [0.1, 0.15) is 0 Å². The first-order valence-electron chi connectivity index (χ1n) is 11.9. The first-order chi connectivity index (χ1) is 16.4. The quantitative estimate of drug-likeness (QED) is 0.321. The lowest BCUT2D eigenvalue weighted by atomic mass is 9.76. The molecular weight excluding hydrogens is 448 g/mol. The van der Waals surface area contributed by atoms with Crippen LogP contribution >= 0.6 is 0 Å². The van der Waals surface area contributed by atoms with Crippen LogP contribution in [0.15, 0.2) is 36.4 Å². The van der Waals surface area contributed by atoms with Gasteiger partial charge in [-0.3, -0.25) is 0 Å². The van der Waals surface area contributed by atoms with Crippen molar-refractivity contribution in [1.82, 2.24) is 0 Å². The van der Waals surface area contributed by atoms with Crippen molar-refractivity contribution >= 4 is 0 Å². The highest BCUT2D eigenvalue weighted by molar-refractivity contribution is 5.66. The summed E-state index contributed by atoms with van der Waals surface area (Å²) in [5.41, 5.74) is -0.862. The molecule has 1 saturated heterocycles. The van der Waals surface area contributed by atoms with Crippen LogP contribution < -0.4 is 4.74 Å². The third kappa shape index (κ3) is 5.01. The molecular formula is C27H30F4O3. The molecule has 1 heterocycles. The minimum Gasteiger partial charge on any atom is -0.491 e. The average molecular weight is 479 g/mol. The van der Waals surface area contributed by atoms with Gasteiger partial charge >= 0.3 is 0 Å². The maximum Gasteiger partial charge on any atom is 0.201 e. The Bertz CT molecular complexity index is 1020. The van der Waals surface area contributed by atoms with E-state index in [4.69, 9.17) is 14.2 Å². The van der Waals surface area contributed by atoms with Crippen LogP contribution in [0.25, 0.3) is 11.1 Å². The van der Waals surface area contributed by atoms with Crippen LogP contribution in [0.2, 0.25) is 0 Å². The molecule has 0 N–H and O–H groups in total. The summed E-state index contributed by atoms with van der Waals surface area (Å²) >= 11 is 0. The first kappa shape index (κ1) is 24.7. The summed E-state index contributed by atoms with van der Waals surface area (Å²) < 4.78 is 75.2. The van der Waals surface area contributed by atoms with Crippen molar-refractivity contribution in [2.24, 2.45) is 17.8 Å². The lowest BCUT2D eigenvalue weighted by molar-refractivity contribution is -0.215. The molecule has 184 valence electrons. The second kappa shape index (κ2) is 10.9. The zero-order valence-corrected chi connectivity index (χ0v) is 19.5. The summed E-state index contributed by atoms with van der Waals surface area (Å²) in [6.07, 6.45) is 7.79. The Morgan fingerprint density at radius 2 is 1.44 bits per heavy atom. The molecule has 2 aromatic rings. The maximum absolute atomic E-state index is 14.9. The van der Waals surface area contributed by atoms with E-state index in [2.05, 4.69) is 12.2 Å². The predicted molar refractivity (Wildman–Crippen MR) is 121 cm³/mol. The Labute approximate surface area is 197 Å². The molecule has 34 heavy (non-hydrogen) atoms. The lowest BCUT2D eigenvalue weighted by Gasteiger charge is -2.37. The van der Waals surface area contributed by atoms with Gasteiger partial charge in [0.25, 0.3) is 0 Å². The van der Waals surface area contributed by atoms with Gasteiger partial charge in [-0.25, -0.2) is 13.2 Å². The van der Waals surface area contributed by atoms with E-state index < -0.39 is 29.6 Å². The molecule has 1 saturated carbocycles. The number of allylic oxidation sites excluding steroid dienone is 2. The molecule has 0 atom stereocenters. The molecule has 1 aliphatic heterocycles. The Hall–Kier alpha value is -2.38. The highest BCUT2D eigenvalue weighted by atomic mass is 19.2. The zero-order chi connectivity index (χ0) is 24.2. The molecule has 2 aliphatic rings. The summed E-state index contributed by atoms with van der Waals surface area (Å²) in [5.74, 6) is -3.96. The molecule has 4 rings (SSSR count). The number of halogens is 4. The summed E-state index contributed by atoms with van der Waals surface area (Å²) in [7, 11) is 0. The van der Waals surface area contributed by atoms with Crippen LogP contribution in [-0.4, -0.2) is 19.8 Å². The smallest absolute Gasteiger partial charge is 0.201 e. The third-order valence-electron chi connectivity index (χ3n) is 6.87. The fourth-order valence-electron chi connectivity index (χ4n) is 5.01. The zero-order valence-electron chi connectivity index (χ0n) is 19.5. The number of rotatable bonds is 6. The predicted octanol–water partition coefficient (Wildman–Crippen LogP) is 7.35.